The van der Waals surface area contributed by atoms with E-state index >= 15 is 4.39 Å². The fourth-order valence-electron chi connectivity index (χ4n) is 4.99. The van der Waals surface area contributed by atoms with E-state index in [0.29, 0.717) is 57.2 Å². The molecule has 0 spiro atoms. The molecule has 11 heteroatoms. The van der Waals surface area contributed by atoms with Crippen LogP contribution in [-0.2, 0) is 12.8 Å². The van der Waals surface area contributed by atoms with E-state index in [9.17, 15) is 14.7 Å². The smallest absolute Gasteiger partial charge is 0.439 e. The SMILES string of the molecule is CCCc1nc(C)n(-c2ccc(OC(C)(C)CO)cc2)c(=O)c1Cc1ccc(-c2ccccc2-c2noc(=O)[nH]2)cc1F.[K]. The molecule has 0 saturated carbocycles. The summed E-state index contributed by atoms with van der Waals surface area (Å²) in [5.74, 6) is 0.185. The maximum absolute atomic E-state index is 15.7. The number of hydrogen-bond acceptors (Lipinski definition) is 7. The van der Waals surface area contributed by atoms with Crippen LogP contribution < -0.4 is 16.1 Å². The average molecular weight is 624 g/mol. The Labute approximate surface area is 296 Å². The first-order valence-corrected chi connectivity index (χ1v) is 14.1. The number of aromatic amines is 1. The Bertz CT molecular complexity index is 1880. The van der Waals surface area contributed by atoms with Gasteiger partial charge in [-0.05, 0) is 74.2 Å². The molecule has 5 rings (SSSR count). The molecular weight excluding hydrogens is 590 g/mol. The van der Waals surface area contributed by atoms with Crippen LogP contribution in [0.25, 0.3) is 28.2 Å². The fraction of sp³-hybridized carbons (Fsp3) is 0.273. The van der Waals surface area contributed by atoms with Crippen LogP contribution in [0.3, 0.4) is 0 Å². The molecule has 44 heavy (non-hydrogen) atoms. The van der Waals surface area contributed by atoms with Crippen molar-refractivity contribution in [1.82, 2.24) is 19.7 Å². The first-order valence-electron chi connectivity index (χ1n) is 14.1. The van der Waals surface area contributed by atoms with Crippen molar-refractivity contribution in [2.45, 2.75) is 52.6 Å². The van der Waals surface area contributed by atoms with Gasteiger partial charge in [0.25, 0.3) is 5.56 Å². The molecule has 0 atom stereocenters. The van der Waals surface area contributed by atoms with Crippen LogP contribution in [0.15, 0.2) is 80.8 Å². The van der Waals surface area contributed by atoms with Crippen molar-refractivity contribution in [3.8, 4) is 34.0 Å². The van der Waals surface area contributed by atoms with Gasteiger partial charge in [0, 0.05) is 68.9 Å². The third kappa shape index (κ3) is 7.36. The molecule has 0 aliphatic rings. The van der Waals surface area contributed by atoms with Gasteiger partial charge in [-0.25, -0.2) is 14.2 Å². The van der Waals surface area contributed by atoms with Crippen LogP contribution in [0.4, 0.5) is 4.39 Å². The van der Waals surface area contributed by atoms with E-state index < -0.39 is 17.2 Å². The molecule has 0 aliphatic carbocycles. The van der Waals surface area contributed by atoms with Gasteiger partial charge in [-0.3, -0.25) is 18.9 Å². The molecular formula is C33H33FKN4O5. The molecule has 1 radical (unpaired) electrons. The largest absolute Gasteiger partial charge is 0.485 e. The molecule has 5 aromatic rings. The second-order valence-corrected chi connectivity index (χ2v) is 11.0. The predicted octanol–water partition coefficient (Wildman–Crippen LogP) is 5.00. The van der Waals surface area contributed by atoms with Gasteiger partial charge in [0.1, 0.15) is 23.0 Å². The average Bonchev–Trinajstić information content (AvgIpc) is 3.42. The summed E-state index contributed by atoms with van der Waals surface area (Å²) in [4.78, 5) is 32.8. The van der Waals surface area contributed by atoms with E-state index in [2.05, 4.69) is 14.7 Å². The number of rotatable bonds is 10. The summed E-state index contributed by atoms with van der Waals surface area (Å²) in [6, 6.07) is 19.0. The van der Waals surface area contributed by atoms with Crippen molar-refractivity contribution in [3.05, 3.63) is 116 Å². The van der Waals surface area contributed by atoms with E-state index in [1.807, 2.05) is 13.0 Å². The van der Waals surface area contributed by atoms with Crippen LogP contribution in [0, 0.1) is 12.7 Å². The van der Waals surface area contributed by atoms with E-state index in [0.717, 1.165) is 6.42 Å². The van der Waals surface area contributed by atoms with Crippen LogP contribution in [-0.4, -0.2) is 88.4 Å². The monoisotopic (exact) mass is 623 g/mol. The summed E-state index contributed by atoms with van der Waals surface area (Å²) in [5.41, 5.74) is 2.87. The number of hydrogen-bond donors (Lipinski definition) is 2. The minimum Gasteiger partial charge on any atom is -0.485 e. The zero-order valence-electron chi connectivity index (χ0n) is 25.5. The first-order chi connectivity index (χ1) is 20.6. The molecule has 2 N–H and O–H groups in total. The molecule has 9 nitrogen and oxygen atoms in total. The third-order valence-corrected chi connectivity index (χ3v) is 7.14. The van der Waals surface area contributed by atoms with Crippen molar-refractivity contribution in [1.29, 1.82) is 0 Å². The van der Waals surface area contributed by atoms with Crippen molar-refractivity contribution in [2.24, 2.45) is 0 Å². The topological polar surface area (TPSA) is 123 Å². The summed E-state index contributed by atoms with van der Waals surface area (Å²) in [6.45, 7) is 7.20. The zero-order chi connectivity index (χ0) is 30.7. The number of halogens is 1. The quantitative estimate of drug-likeness (QED) is 0.210. The van der Waals surface area contributed by atoms with Crippen LogP contribution >= 0.6 is 0 Å². The summed E-state index contributed by atoms with van der Waals surface area (Å²) in [7, 11) is 0. The van der Waals surface area contributed by atoms with E-state index in [4.69, 9.17) is 9.72 Å². The van der Waals surface area contributed by atoms with Gasteiger partial charge in [0.2, 0.25) is 0 Å². The van der Waals surface area contributed by atoms with Gasteiger partial charge >= 0.3 is 5.76 Å². The second kappa shape index (κ2) is 14.3. The molecule has 0 aliphatic heterocycles. The fourth-order valence-corrected chi connectivity index (χ4v) is 4.99. The van der Waals surface area contributed by atoms with E-state index in [1.165, 1.54) is 10.6 Å². The Kier molecular flexibility index (Phi) is 10.9. The first kappa shape index (κ1) is 33.7. The molecule has 0 fully saturated rings. The van der Waals surface area contributed by atoms with E-state index in [1.54, 1.807) is 75.4 Å². The maximum atomic E-state index is 15.7. The van der Waals surface area contributed by atoms with Crippen LogP contribution in [0.5, 0.6) is 5.75 Å². The number of ether oxygens (including phenoxy) is 1. The molecule has 2 aromatic heterocycles. The van der Waals surface area contributed by atoms with Gasteiger partial charge in [-0.15, -0.1) is 0 Å². The third-order valence-electron chi connectivity index (χ3n) is 7.14. The molecule has 0 unspecified atom stereocenters. The van der Waals surface area contributed by atoms with Crippen molar-refractivity contribution in [2.75, 3.05) is 6.61 Å². The maximum Gasteiger partial charge on any atom is 0.439 e. The number of aliphatic hydroxyl groups excluding tert-OH is 1. The molecule has 0 bridgehead atoms. The van der Waals surface area contributed by atoms with Gasteiger partial charge in [0.05, 0.1) is 18.0 Å². The minimum atomic E-state index is -0.748. The Morgan fingerprint density at radius 3 is 2.36 bits per heavy atom. The molecule has 3 aromatic carbocycles. The molecule has 0 amide bonds. The Balaban J connectivity index is 0.00000442. The Morgan fingerprint density at radius 1 is 1.05 bits per heavy atom. The van der Waals surface area contributed by atoms with Gasteiger partial charge in [0.15, 0.2) is 5.82 Å². The Morgan fingerprint density at radius 2 is 1.75 bits per heavy atom. The summed E-state index contributed by atoms with van der Waals surface area (Å²) in [6.07, 6.45) is 1.42. The number of aromatic nitrogens is 4. The zero-order valence-corrected chi connectivity index (χ0v) is 28.6. The minimum absolute atomic E-state index is 0. The van der Waals surface area contributed by atoms with Gasteiger partial charge in [-0.1, -0.05) is 54.9 Å². The number of benzene rings is 3. The number of aliphatic hydroxyl groups is 1. The van der Waals surface area contributed by atoms with Gasteiger partial charge < -0.3 is 9.84 Å². The predicted molar refractivity (Wildman–Crippen MR) is 167 cm³/mol. The number of nitrogens with one attached hydrogen (secondary N) is 1. The summed E-state index contributed by atoms with van der Waals surface area (Å²) in [5, 5.41) is 13.3. The summed E-state index contributed by atoms with van der Waals surface area (Å²) < 4.78 is 27.7. The normalized spacial score (nSPS) is 11.3. The van der Waals surface area contributed by atoms with E-state index in [-0.39, 0.29) is 75.8 Å². The molecule has 2 heterocycles. The van der Waals surface area contributed by atoms with Crippen molar-refractivity contribution in [3.63, 3.8) is 0 Å². The van der Waals surface area contributed by atoms with Gasteiger partial charge in [-0.2, -0.15) is 0 Å². The molecule has 223 valence electrons. The van der Waals surface area contributed by atoms with Crippen molar-refractivity contribution >= 4 is 51.4 Å². The van der Waals surface area contributed by atoms with Crippen LogP contribution in [0.2, 0.25) is 0 Å². The van der Waals surface area contributed by atoms with Crippen LogP contribution in [0.1, 0.15) is 49.8 Å². The second-order valence-electron chi connectivity index (χ2n) is 11.0. The number of aryl methyl sites for hydroxylation is 2. The molecule has 0 saturated heterocycles. The standard InChI is InChI=1S/C33H33FN4O5.K/c1-5-8-29-27(31(40)38(20(2)35-29)23-13-15-24(16-14-23)42-33(3,4)19-39)17-22-12-11-21(18-28(22)34)25-9-6-7-10-26(25)30-36-32(41)43-37-30;/h6-7,9-16,18,39H,5,8,17,19H2,1-4H3,(H,36,37,41);. The number of H-pyrrole nitrogens is 1. The van der Waals surface area contributed by atoms with Crippen molar-refractivity contribution < 1.29 is 18.8 Å². The Hall–Kier alpha value is -3.19. The summed E-state index contributed by atoms with van der Waals surface area (Å²) >= 11 is 0. The number of nitrogens with zero attached hydrogens (tertiary/aromatic N) is 3.